The highest BCUT2D eigenvalue weighted by molar-refractivity contribution is 5.05. The maximum Gasteiger partial charge on any atom is 0.252 e. The third kappa shape index (κ3) is 2.04. The number of rotatable bonds is 2. The Hall–Kier alpha value is -1.37. The van der Waals surface area contributed by atoms with E-state index in [2.05, 4.69) is 23.9 Å². The van der Waals surface area contributed by atoms with Gasteiger partial charge in [0.2, 0.25) is 0 Å². The first-order valence-corrected chi connectivity index (χ1v) is 3.52. The predicted octanol–water partition coefficient (Wildman–Crippen LogP) is 0.806. The van der Waals surface area contributed by atoms with Crippen LogP contribution < -0.4 is 0 Å². The maximum atomic E-state index is 8.40. The zero-order valence-corrected chi connectivity index (χ0v) is 6.65. The molecule has 0 saturated heterocycles. The van der Waals surface area contributed by atoms with Crippen LogP contribution in [0.1, 0.15) is 19.7 Å². The lowest BCUT2D eigenvalue weighted by Gasteiger charge is -2.01. The molecule has 1 rings (SSSR count). The zero-order valence-electron chi connectivity index (χ0n) is 6.65. The first kappa shape index (κ1) is 7.73. The molecule has 0 saturated carbocycles. The molecule has 0 aliphatic carbocycles. The van der Waals surface area contributed by atoms with Crippen LogP contribution in [0.4, 0.5) is 0 Å². The van der Waals surface area contributed by atoms with Crippen LogP contribution >= 0.6 is 0 Å². The van der Waals surface area contributed by atoms with E-state index in [1.54, 1.807) is 11.0 Å². The van der Waals surface area contributed by atoms with Gasteiger partial charge >= 0.3 is 0 Å². The molecule has 1 aromatic heterocycles. The summed E-state index contributed by atoms with van der Waals surface area (Å²) in [6.07, 6.45) is 1.58. The van der Waals surface area contributed by atoms with E-state index in [0.717, 1.165) is 6.54 Å². The first-order chi connectivity index (χ1) is 5.22. The Morgan fingerprint density at radius 1 is 1.73 bits per heavy atom. The van der Waals surface area contributed by atoms with Crippen molar-refractivity contribution >= 4 is 0 Å². The summed E-state index contributed by atoms with van der Waals surface area (Å²) in [5.41, 5.74) is 0. The van der Waals surface area contributed by atoms with E-state index in [1.807, 2.05) is 6.07 Å². The molecule has 0 aliphatic heterocycles. The van der Waals surface area contributed by atoms with Gasteiger partial charge in [0.1, 0.15) is 12.4 Å². The highest BCUT2D eigenvalue weighted by Crippen LogP contribution is 1.96. The molecule has 11 heavy (non-hydrogen) atoms. The summed E-state index contributed by atoms with van der Waals surface area (Å²) >= 11 is 0. The Balaban J connectivity index is 2.67. The number of hydrogen-bond donors (Lipinski definition) is 0. The average molecular weight is 150 g/mol. The van der Waals surface area contributed by atoms with Crippen LogP contribution in [0.2, 0.25) is 0 Å². The second kappa shape index (κ2) is 3.15. The quantitative estimate of drug-likeness (QED) is 0.626. The molecule has 0 aromatic carbocycles. The van der Waals surface area contributed by atoms with E-state index in [0.29, 0.717) is 5.92 Å². The Morgan fingerprint density at radius 3 is 2.91 bits per heavy atom. The standard InChI is InChI=1S/C7H10N4/c1-6(2)4-11-5-9-7(3-8)10-11/h5-6H,4H2,1-2H3. The van der Waals surface area contributed by atoms with Gasteiger partial charge in [-0.15, -0.1) is 5.10 Å². The van der Waals surface area contributed by atoms with Crippen molar-refractivity contribution in [2.24, 2.45) is 5.92 Å². The van der Waals surface area contributed by atoms with Gasteiger partial charge in [0.25, 0.3) is 5.82 Å². The molecule has 0 N–H and O–H groups in total. The highest BCUT2D eigenvalue weighted by atomic mass is 15.3. The second-order valence-electron chi connectivity index (χ2n) is 2.80. The minimum atomic E-state index is 0.241. The van der Waals surface area contributed by atoms with Gasteiger partial charge in [-0.2, -0.15) is 5.26 Å². The third-order valence-electron chi connectivity index (χ3n) is 1.19. The van der Waals surface area contributed by atoms with Crippen LogP contribution in [0.5, 0.6) is 0 Å². The van der Waals surface area contributed by atoms with Gasteiger partial charge in [-0.1, -0.05) is 13.8 Å². The van der Waals surface area contributed by atoms with Gasteiger partial charge in [0, 0.05) is 6.54 Å². The molecule has 0 unspecified atom stereocenters. The lowest BCUT2D eigenvalue weighted by atomic mass is 10.2. The molecule has 0 amide bonds. The van der Waals surface area contributed by atoms with E-state index in [4.69, 9.17) is 5.26 Å². The fourth-order valence-electron chi connectivity index (χ4n) is 0.808. The Bertz CT molecular complexity index is 268. The van der Waals surface area contributed by atoms with Crippen molar-refractivity contribution in [2.75, 3.05) is 0 Å². The first-order valence-electron chi connectivity index (χ1n) is 3.52. The topological polar surface area (TPSA) is 54.5 Å². The van der Waals surface area contributed by atoms with Crippen molar-refractivity contribution in [2.45, 2.75) is 20.4 Å². The molecule has 0 radical (unpaired) electrons. The summed E-state index contributed by atoms with van der Waals surface area (Å²) in [6, 6.07) is 1.88. The summed E-state index contributed by atoms with van der Waals surface area (Å²) in [7, 11) is 0. The minimum absolute atomic E-state index is 0.241. The van der Waals surface area contributed by atoms with Gasteiger partial charge in [-0.25, -0.2) is 4.98 Å². The summed E-state index contributed by atoms with van der Waals surface area (Å²) in [5, 5.41) is 12.3. The molecule has 4 nitrogen and oxygen atoms in total. The van der Waals surface area contributed by atoms with Crippen molar-refractivity contribution in [3.63, 3.8) is 0 Å². The predicted molar refractivity (Wildman–Crippen MR) is 39.6 cm³/mol. The normalized spacial score (nSPS) is 10.0. The fraction of sp³-hybridized carbons (Fsp3) is 0.571. The molecule has 0 bridgehead atoms. The van der Waals surface area contributed by atoms with E-state index in [1.165, 1.54) is 0 Å². The van der Waals surface area contributed by atoms with Gasteiger partial charge in [0.15, 0.2) is 0 Å². The third-order valence-corrected chi connectivity index (χ3v) is 1.19. The van der Waals surface area contributed by atoms with Crippen LogP contribution in [0, 0.1) is 17.2 Å². The molecular formula is C7H10N4. The fourth-order valence-corrected chi connectivity index (χ4v) is 0.808. The summed E-state index contributed by atoms with van der Waals surface area (Å²) < 4.78 is 1.68. The lowest BCUT2D eigenvalue weighted by molar-refractivity contribution is 0.481. The molecule has 0 aliphatic rings. The largest absolute Gasteiger partial charge is 0.252 e. The summed E-state index contributed by atoms with van der Waals surface area (Å²) in [4.78, 5) is 3.78. The average Bonchev–Trinajstić information content (AvgIpc) is 2.34. The van der Waals surface area contributed by atoms with Gasteiger partial charge in [0.05, 0.1) is 0 Å². The number of aromatic nitrogens is 3. The van der Waals surface area contributed by atoms with Gasteiger partial charge in [-0.05, 0) is 5.92 Å². The van der Waals surface area contributed by atoms with Crippen molar-refractivity contribution in [3.8, 4) is 6.07 Å². The van der Waals surface area contributed by atoms with Crippen LogP contribution in [-0.4, -0.2) is 14.8 Å². The number of hydrogen-bond acceptors (Lipinski definition) is 3. The van der Waals surface area contributed by atoms with Crippen molar-refractivity contribution in [3.05, 3.63) is 12.2 Å². The Kier molecular flexibility index (Phi) is 2.21. The van der Waals surface area contributed by atoms with Gasteiger partial charge in [-0.3, -0.25) is 4.68 Å². The Labute approximate surface area is 65.5 Å². The molecule has 0 atom stereocenters. The van der Waals surface area contributed by atoms with Crippen molar-refractivity contribution < 1.29 is 0 Å². The van der Waals surface area contributed by atoms with Gasteiger partial charge < -0.3 is 0 Å². The number of nitriles is 1. The molecule has 4 heteroatoms. The van der Waals surface area contributed by atoms with E-state index in [-0.39, 0.29) is 5.82 Å². The van der Waals surface area contributed by atoms with E-state index in [9.17, 15) is 0 Å². The SMILES string of the molecule is CC(C)Cn1cnc(C#N)n1. The molecular weight excluding hydrogens is 140 g/mol. The molecule has 0 fully saturated rings. The van der Waals surface area contributed by atoms with Crippen molar-refractivity contribution in [1.82, 2.24) is 14.8 Å². The van der Waals surface area contributed by atoms with Crippen LogP contribution in [0.3, 0.4) is 0 Å². The van der Waals surface area contributed by atoms with Crippen LogP contribution in [0.15, 0.2) is 6.33 Å². The number of nitrogens with zero attached hydrogens (tertiary/aromatic N) is 4. The Morgan fingerprint density at radius 2 is 2.45 bits per heavy atom. The summed E-state index contributed by atoms with van der Waals surface area (Å²) in [6.45, 7) is 5.00. The van der Waals surface area contributed by atoms with E-state index < -0.39 is 0 Å². The monoisotopic (exact) mass is 150 g/mol. The second-order valence-corrected chi connectivity index (χ2v) is 2.80. The smallest absolute Gasteiger partial charge is 0.251 e. The highest BCUT2D eigenvalue weighted by Gasteiger charge is 1.99. The van der Waals surface area contributed by atoms with E-state index >= 15 is 0 Å². The lowest BCUT2D eigenvalue weighted by Crippen LogP contribution is -2.04. The summed E-state index contributed by atoms with van der Waals surface area (Å²) in [5.74, 6) is 0.772. The maximum absolute atomic E-state index is 8.40. The van der Waals surface area contributed by atoms with Crippen LogP contribution in [0.25, 0.3) is 0 Å². The molecule has 1 aromatic rings. The molecule has 58 valence electrons. The zero-order chi connectivity index (χ0) is 8.27. The molecule has 1 heterocycles. The van der Waals surface area contributed by atoms with Crippen molar-refractivity contribution in [1.29, 1.82) is 5.26 Å². The van der Waals surface area contributed by atoms with Crippen LogP contribution in [-0.2, 0) is 6.54 Å². The minimum Gasteiger partial charge on any atom is -0.251 e. The molecule has 0 spiro atoms.